The van der Waals surface area contributed by atoms with E-state index >= 15 is 0 Å². The Balaban J connectivity index is 2.05. The Kier molecular flexibility index (Phi) is 4.77. The molecule has 0 aromatic heterocycles. The normalized spacial score (nSPS) is 17.1. The number of carbonyl (C=O) groups excluding carboxylic acids is 3. The fraction of sp³-hybridized carbons (Fsp3) is 0.400. The number of urea groups is 1. The van der Waals surface area contributed by atoms with Crippen LogP contribution >= 0.6 is 0 Å². The van der Waals surface area contributed by atoms with E-state index in [2.05, 4.69) is 10.6 Å². The molecular weight excluding hydrogens is 284 g/mol. The zero-order chi connectivity index (χ0) is 16.3. The molecule has 0 saturated carbocycles. The zero-order valence-electron chi connectivity index (χ0n) is 12.6. The highest BCUT2D eigenvalue weighted by atomic mass is 16.2. The molecule has 1 saturated heterocycles. The Labute approximate surface area is 128 Å². The summed E-state index contributed by atoms with van der Waals surface area (Å²) in [5.74, 6) is -0.734. The predicted octanol–water partition coefficient (Wildman–Crippen LogP) is 0.660. The lowest BCUT2D eigenvalue weighted by molar-refractivity contribution is -0.125. The van der Waals surface area contributed by atoms with E-state index < -0.39 is 6.03 Å². The molecule has 2 unspecified atom stereocenters. The van der Waals surface area contributed by atoms with Crippen molar-refractivity contribution in [1.82, 2.24) is 10.2 Å². The van der Waals surface area contributed by atoms with E-state index in [1.807, 2.05) is 0 Å². The molecule has 4 N–H and O–H groups in total. The van der Waals surface area contributed by atoms with Gasteiger partial charge < -0.3 is 16.4 Å². The van der Waals surface area contributed by atoms with E-state index in [9.17, 15) is 14.4 Å². The Morgan fingerprint density at radius 1 is 1.41 bits per heavy atom. The molecule has 22 heavy (non-hydrogen) atoms. The summed E-state index contributed by atoms with van der Waals surface area (Å²) in [4.78, 5) is 36.2. The monoisotopic (exact) mass is 304 g/mol. The average molecular weight is 304 g/mol. The minimum Gasteiger partial charge on any atom is -0.329 e. The number of nitrogens with two attached hydrogens (primary N) is 1. The van der Waals surface area contributed by atoms with Crippen molar-refractivity contribution in [3.63, 3.8) is 0 Å². The lowest BCUT2D eigenvalue weighted by Gasteiger charge is -2.16. The van der Waals surface area contributed by atoms with Gasteiger partial charge in [-0.15, -0.1) is 0 Å². The molecule has 1 aliphatic heterocycles. The number of benzene rings is 1. The second-order valence-electron chi connectivity index (χ2n) is 5.48. The van der Waals surface area contributed by atoms with Crippen LogP contribution in [0, 0.1) is 5.92 Å². The Hall–Kier alpha value is -2.41. The summed E-state index contributed by atoms with van der Waals surface area (Å²) in [6.07, 6.45) is 0. The first-order chi connectivity index (χ1) is 10.4. The third-order valence-electron chi connectivity index (χ3n) is 3.67. The minimum absolute atomic E-state index is 0.0289. The van der Waals surface area contributed by atoms with E-state index in [1.54, 1.807) is 38.1 Å². The van der Waals surface area contributed by atoms with Crippen LogP contribution in [0.15, 0.2) is 24.3 Å². The summed E-state index contributed by atoms with van der Waals surface area (Å²) in [6.45, 7) is 3.74. The maximum atomic E-state index is 12.0. The third-order valence-corrected chi connectivity index (χ3v) is 3.67. The SMILES string of the molecule is CC(N)C(C)C(=O)Nc1cccc(CN2C(=O)CNC2=O)c1. The first-order valence-electron chi connectivity index (χ1n) is 7.12. The first-order valence-corrected chi connectivity index (χ1v) is 7.12. The Bertz CT molecular complexity index is 584. The van der Waals surface area contributed by atoms with Crippen molar-refractivity contribution in [2.24, 2.45) is 11.7 Å². The van der Waals surface area contributed by atoms with Crippen LogP contribution in [-0.2, 0) is 16.1 Å². The standard InChI is InChI=1S/C15H20N4O3/c1-9(10(2)16)14(21)18-12-5-3-4-11(6-12)8-19-13(20)7-17-15(19)22/h3-6,9-10H,7-8,16H2,1-2H3,(H,17,22)(H,18,21). The zero-order valence-corrected chi connectivity index (χ0v) is 12.6. The Morgan fingerprint density at radius 3 is 2.73 bits per heavy atom. The van der Waals surface area contributed by atoms with Crippen molar-refractivity contribution in [1.29, 1.82) is 0 Å². The molecule has 2 rings (SSSR count). The highest BCUT2D eigenvalue weighted by molar-refractivity contribution is 6.01. The number of nitrogens with one attached hydrogen (secondary N) is 2. The van der Waals surface area contributed by atoms with Crippen molar-refractivity contribution >= 4 is 23.5 Å². The maximum Gasteiger partial charge on any atom is 0.324 e. The first kappa shape index (κ1) is 16.0. The highest BCUT2D eigenvalue weighted by Gasteiger charge is 2.28. The van der Waals surface area contributed by atoms with E-state index in [4.69, 9.17) is 5.73 Å². The molecule has 118 valence electrons. The van der Waals surface area contributed by atoms with Gasteiger partial charge in [-0.1, -0.05) is 19.1 Å². The van der Waals surface area contributed by atoms with Gasteiger partial charge in [-0.25, -0.2) is 4.79 Å². The van der Waals surface area contributed by atoms with Gasteiger partial charge >= 0.3 is 6.03 Å². The van der Waals surface area contributed by atoms with Crippen LogP contribution in [-0.4, -0.2) is 35.3 Å². The van der Waals surface area contributed by atoms with Gasteiger partial charge in [-0.3, -0.25) is 14.5 Å². The second kappa shape index (κ2) is 6.57. The summed E-state index contributed by atoms with van der Waals surface area (Å²) in [5, 5.41) is 5.26. The smallest absolute Gasteiger partial charge is 0.324 e. The summed E-state index contributed by atoms with van der Waals surface area (Å²) < 4.78 is 0. The largest absolute Gasteiger partial charge is 0.329 e. The van der Waals surface area contributed by atoms with Gasteiger partial charge in [0.2, 0.25) is 11.8 Å². The predicted molar refractivity (Wildman–Crippen MR) is 81.8 cm³/mol. The molecule has 2 atom stereocenters. The molecule has 7 nitrogen and oxygen atoms in total. The van der Waals surface area contributed by atoms with Gasteiger partial charge in [0, 0.05) is 11.7 Å². The molecule has 1 fully saturated rings. The van der Waals surface area contributed by atoms with Gasteiger partial charge in [0.25, 0.3) is 0 Å². The van der Waals surface area contributed by atoms with Crippen molar-refractivity contribution < 1.29 is 14.4 Å². The number of hydrogen-bond donors (Lipinski definition) is 3. The molecule has 0 bridgehead atoms. The van der Waals surface area contributed by atoms with Gasteiger partial charge in [0.15, 0.2) is 0 Å². The minimum atomic E-state index is -0.398. The fourth-order valence-electron chi connectivity index (χ4n) is 2.04. The molecule has 1 heterocycles. The number of nitrogens with zero attached hydrogens (tertiary/aromatic N) is 1. The van der Waals surface area contributed by atoms with Gasteiger partial charge in [-0.05, 0) is 24.6 Å². The summed E-state index contributed by atoms with van der Waals surface area (Å²) in [5.41, 5.74) is 7.08. The fourth-order valence-corrected chi connectivity index (χ4v) is 2.04. The summed E-state index contributed by atoms with van der Waals surface area (Å²) >= 11 is 0. The molecule has 4 amide bonds. The van der Waals surface area contributed by atoms with Crippen molar-refractivity contribution in [2.45, 2.75) is 26.4 Å². The number of rotatable bonds is 5. The van der Waals surface area contributed by atoms with Crippen molar-refractivity contribution in [3.8, 4) is 0 Å². The summed E-state index contributed by atoms with van der Waals surface area (Å²) in [6, 6.07) is 6.41. The molecule has 7 heteroatoms. The topological polar surface area (TPSA) is 105 Å². The summed E-state index contributed by atoms with van der Waals surface area (Å²) in [7, 11) is 0. The molecule has 0 aliphatic carbocycles. The molecule has 1 aromatic carbocycles. The number of hydrogen-bond acceptors (Lipinski definition) is 4. The van der Waals surface area contributed by atoms with Crippen LogP contribution in [0.3, 0.4) is 0 Å². The van der Waals surface area contributed by atoms with Crippen LogP contribution in [0.4, 0.5) is 10.5 Å². The van der Waals surface area contributed by atoms with Gasteiger partial charge in [-0.2, -0.15) is 0 Å². The lowest BCUT2D eigenvalue weighted by Crippen LogP contribution is -2.34. The van der Waals surface area contributed by atoms with Crippen LogP contribution in [0.25, 0.3) is 0 Å². The lowest BCUT2D eigenvalue weighted by atomic mass is 10.0. The van der Waals surface area contributed by atoms with Crippen molar-refractivity contribution in [3.05, 3.63) is 29.8 Å². The quantitative estimate of drug-likeness (QED) is 0.695. The van der Waals surface area contributed by atoms with Crippen LogP contribution in [0.5, 0.6) is 0 Å². The molecule has 1 aliphatic rings. The third kappa shape index (κ3) is 3.62. The second-order valence-corrected chi connectivity index (χ2v) is 5.48. The van der Waals surface area contributed by atoms with Crippen molar-refractivity contribution in [2.75, 3.05) is 11.9 Å². The van der Waals surface area contributed by atoms with Gasteiger partial charge in [0.1, 0.15) is 0 Å². The molecular formula is C15H20N4O3. The average Bonchev–Trinajstić information content (AvgIpc) is 2.78. The van der Waals surface area contributed by atoms with E-state index in [-0.39, 0.29) is 36.9 Å². The van der Waals surface area contributed by atoms with Crippen LogP contribution in [0.1, 0.15) is 19.4 Å². The van der Waals surface area contributed by atoms with Crippen LogP contribution < -0.4 is 16.4 Å². The van der Waals surface area contributed by atoms with E-state index in [0.29, 0.717) is 5.69 Å². The number of anilines is 1. The van der Waals surface area contributed by atoms with E-state index in [0.717, 1.165) is 10.5 Å². The number of carbonyl (C=O) groups is 3. The van der Waals surface area contributed by atoms with Crippen LogP contribution in [0.2, 0.25) is 0 Å². The Morgan fingerprint density at radius 2 is 2.14 bits per heavy atom. The number of imide groups is 1. The highest BCUT2D eigenvalue weighted by Crippen LogP contribution is 2.15. The van der Waals surface area contributed by atoms with Gasteiger partial charge in [0.05, 0.1) is 19.0 Å². The molecule has 0 radical (unpaired) electrons. The maximum absolute atomic E-state index is 12.0. The number of amides is 4. The molecule has 0 spiro atoms. The molecule has 1 aromatic rings. The van der Waals surface area contributed by atoms with E-state index in [1.165, 1.54) is 0 Å².